The number of amides is 2. The molecule has 6 nitrogen and oxygen atoms in total. The third-order valence-corrected chi connectivity index (χ3v) is 5.09. The first-order chi connectivity index (χ1) is 16.2. The lowest BCUT2D eigenvalue weighted by Crippen LogP contribution is -2.21. The molecule has 35 heavy (non-hydrogen) atoms. The summed E-state index contributed by atoms with van der Waals surface area (Å²) in [6, 6.07) is 14.2. The number of carbonyl (C=O) groups is 3. The highest BCUT2D eigenvalue weighted by Crippen LogP contribution is 2.45. The standard InChI is InChI=1S/C20H15F3N2O2S.C2HF3O2/c1-12(26)24-15-9-7-14(8-10-15)19(27)25-16-11-28-18(20(21,22)23)17(16)13-5-3-2-4-6-13;3-2(4,5)1(6)7/h2-11H,1H3,(H,24,26)(H,25,27);(H,6,7). The number of thiophene rings is 1. The Balaban J connectivity index is 0.000000540. The van der Waals surface area contributed by atoms with Crippen LogP contribution in [-0.4, -0.2) is 29.1 Å². The Hall–Kier alpha value is -3.87. The number of halogens is 6. The summed E-state index contributed by atoms with van der Waals surface area (Å²) in [5, 5.41) is 13.6. The lowest BCUT2D eigenvalue weighted by Gasteiger charge is -2.12. The van der Waals surface area contributed by atoms with Crippen LogP contribution in [0.25, 0.3) is 11.1 Å². The summed E-state index contributed by atoms with van der Waals surface area (Å²) in [5.74, 6) is -3.55. The zero-order valence-corrected chi connectivity index (χ0v) is 18.4. The fourth-order valence-electron chi connectivity index (χ4n) is 2.65. The minimum atomic E-state index is -5.08. The normalized spacial score (nSPS) is 11.2. The number of rotatable bonds is 4. The first-order valence-electron chi connectivity index (χ1n) is 9.43. The van der Waals surface area contributed by atoms with Gasteiger partial charge in [0.2, 0.25) is 5.91 Å². The number of hydrogen-bond acceptors (Lipinski definition) is 4. The van der Waals surface area contributed by atoms with Crippen molar-refractivity contribution in [3.63, 3.8) is 0 Å². The van der Waals surface area contributed by atoms with E-state index in [2.05, 4.69) is 10.6 Å². The third-order valence-electron chi connectivity index (χ3n) is 4.07. The van der Waals surface area contributed by atoms with Crippen molar-refractivity contribution in [2.45, 2.75) is 19.3 Å². The molecule has 0 spiro atoms. The van der Waals surface area contributed by atoms with Crippen LogP contribution in [-0.2, 0) is 15.8 Å². The molecule has 0 fully saturated rings. The van der Waals surface area contributed by atoms with Crippen LogP contribution in [0, 0.1) is 0 Å². The predicted molar refractivity (Wildman–Crippen MR) is 117 cm³/mol. The van der Waals surface area contributed by atoms with Crippen LogP contribution in [0.3, 0.4) is 0 Å². The zero-order valence-electron chi connectivity index (χ0n) is 17.6. The second-order valence-corrected chi connectivity index (χ2v) is 7.61. The van der Waals surface area contributed by atoms with Gasteiger partial charge in [-0.05, 0) is 29.8 Å². The summed E-state index contributed by atoms with van der Waals surface area (Å²) < 4.78 is 72.0. The molecular formula is C22H16F6N2O4S. The average Bonchev–Trinajstić information content (AvgIpc) is 3.18. The first-order valence-corrected chi connectivity index (χ1v) is 10.3. The van der Waals surface area contributed by atoms with Crippen LogP contribution in [0.1, 0.15) is 22.2 Å². The largest absolute Gasteiger partial charge is 0.490 e. The fraction of sp³-hybridized carbons (Fsp3) is 0.136. The summed E-state index contributed by atoms with van der Waals surface area (Å²) in [4.78, 5) is 31.7. The number of aliphatic carboxylic acids is 1. The van der Waals surface area contributed by atoms with Gasteiger partial charge in [0.05, 0.1) is 5.69 Å². The molecule has 0 aliphatic heterocycles. The summed E-state index contributed by atoms with van der Waals surface area (Å²) in [7, 11) is 0. The van der Waals surface area contributed by atoms with Gasteiger partial charge in [0, 0.05) is 29.1 Å². The van der Waals surface area contributed by atoms with Gasteiger partial charge in [-0.1, -0.05) is 30.3 Å². The maximum absolute atomic E-state index is 13.4. The summed E-state index contributed by atoms with van der Waals surface area (Å²) in [6.07, 6.45) is -9.61. The Labute approximate surface area is 198 Å². The highest BCUT2D eigenvalue weighted by molar-refractivity contribution is 7.11. The van der Waals surface area contributed by atoms with Gasteiger partial charge < -0.3 is 15.7 Å². The van der Waals surface area contributed by atoms with Gasteiger partial charge in [-0.25, -0.2) is 4.79 Å². The van der Waals surface area contributed by atoms with Crippen LogP contribution < -0.4 is 10.6 Å². The SMILES string of the molecule is CC(=O)Nc1ccc(C(=O)Nc2csc(C(F)(F)F)c2-c2ccccc2)cc1.O=C(O)C(F)(F)F. The zero-order chi connectivity index (χ0) is 26.4. The number of carboxylic acid groups (broad SMARTS) is 1. The molecule has 2 amide bonds. The Morgan fingerprint density at radius 2 is 1.40 bits per heavy atom. The number of carboxylic acids is 1. The first kappa shape index (κ1) is 27.4. The molecule has 1 heterocycles. The number of hydrogen-bond donors (Lipinski definition) is 3. The van der Waals surface area contributed by atoms with Crippen molar-refractivity contribution in [2.24, 2.45) is 0 Å². The van der Waals surface area contributed by atoms with Gasteiger partial charge >= 0.3 is 18.3 Å². The summed E-state index contributed by atoms with van der Waals surface area (Å²) in [6.45, 7) is 1.36. The van der Waals surface area contributed by atoms with Crippen LogP contribution in [0.2, 0.25) is 0 Å². The van der Waals surface area contributed by atoms with Crippen molar-refractivity contribution in [2.75, 3.05) is 10.6 Å². The van der Waals surface area contributed by atoms with Crippen LogP contribution in [0.4, 0.5) is 37.7 Å². The molecule has 0 aliphatic rings. The van der Waals surface area contributed by atoms with Gasteiger partial charge in [0.15, 0.2) is 0 Å². The maximum atomic E-state index is 13.4. The summed E-state index contributed by atoms with van der Waals surface area (Å²) in [5.41, 5.74) is 1.19. The van der Waals surface area contributed by atoms with Gasteiger partial charge in [0.1, 0.15) is 4.88 Å². The van der Waals surface area contributed by atoms with Crippen molar-refractivity contribution < 1.29 is 45.8 Å². The molecule has 13 heteroatoms. The van der Waals surface area contributed by atoms with E-state index in [-0.39, 0.29) is 22.7 Å². The van der Waals surface area contributed by atoms with E-state index in [0.29, 0.717) is 22.6 Å². The van der Waals surface area contributed by atoms with Crippen LogP contribution in [0.15, 0.2) is 60.0 Å². The molecule has 0 unspecified atom stereocenters. The lowest BCUT2D eigenvalue weighted by atomic mass is 10.0. The molecule has 3 N–H and O–H groups in total. The van der Waals surface area contributed by atoms with Crippen molar-refractivity contribution in [3.8, 4) is 11.1 Å². The molecule has 186 valence electrons. The van der Waals surface area contributed by atoms with E-state index in [4.69, 9.17) is 9.90 Å². The minimum absolute atomic E-state index is 0.0543. The van der Waals surface area contributed by atoms with Gasteiger partial charge in [-0.2, -0.15) is 26.3 Å². The van der Waals surface area contributed by atoms with E-state index in [1.807, 2.05) is 0 Å². The van der Waals surface area contributed by atoms with E-state index in [1.165, 1.54) is 24.4 Å². The second-order valence-electron chi connectivity index (χ2n) is 6.73. The number of alkyl halides is 6. The Kier molecular flexibility index (Phi) is 8.63. The van der Waals surface area contributed by atoms with Gasteiger partial charge in [-0.15, -0.1) is 11.3 Å². The van der Waals surface area contributed by atoms with Crippen LogP contribution in [0.5, 0.6) is 0 Å². The van der Waals surface area contributed by atoms with E-state index in [9.17, 15) is 35.9 Å². The minimum Gasteiger partial charge on any atom is -0.475 e. The fourth-order valence-corrected chi connectivity index (χ4v) is 3.54. The highest BCUT2D eigenvalue weighted by atomic mass is 32.1. The smallest absolute Gasteiger partial charge is 0.475 e. The van der Waals surface area contributed by atoms with Crippen molar-refractivity contribution in [3.05, 3.63) is 70.4 Å². The lowest BCUT2D eigenvalue weighted by molar-refractivity contribution is -0.192. The molecule has 3 aromatic rings. The average molecular weight is 518 g/mol. The third kappa shape index (κ3) is 7.84. The molecule has 0 atom stereocenters. The number of benzene rings is 2. The monoisotopic (exact) mass is 518 g/mol. The molecule has 2 aromatic carbocycles. The molecular weight excluding hydrogens is 502 g/mol. The topological polar surface area (TPSA) is 95.5 Å². The van der Waals surface area contributed by atoms with E-state index in [0.717, 1.165) is 0 Å². The number of carbonyl (C=O) groups excluding carboxylic acids is 2. The Morgan fingerprint density at radius 1 is 0.857 bits per heavy atom. The molecule has 0 saturated carbocycles. The van der Waals surface area contributed by atoms with E-state index in [1.54, 1.807) is 42.5 Å². The molecule has 0 aliphatic carbocycles. The summed E-state index contributed by atoms with van der Waals surface area (Å²) >= 11 is 0.537. The molecule has 1 aromatic heterocycles. The van der Waals surface area contributed by atoms with Gasteiger partial charge in [-0.3, -0.25) is 9.59 Å². The highest BCUT2D eigenvalue weighted by Gasteiger charge is 2.38. The van der Waals surface area contributed by atoms with E-state index >= 15 is 0 Å². The number of nitrogens with one attached hydrogen (secondary N) is 2. The Bertz CT molecular complexity index is 1190. The van der Waals surface area contributed by atoms with Crippen LogP contribution >= 0.6 is 11.3 Å². The molecule has 0 saturated heterocycles. The Morgan fingerprint density at radius 3 is 1.86 bits per heavy atom. The molecule has 0 bridgehead atoms. The van der Waals surface area contributed by atoms with Crippen molar-refractivity contribution in [1.29, 1.82) is 0 Å². The quantitative estimate of drug-likeness (QED) is 0.355. The predicted octanol–water partition coefficient (Wildman–Crippen LogP) is 6.28. The molecule has 3 rings (SSSR count). The van der Waals surface area contributed by atoms with Gasteiger partial charge in [0.25, 0.3) is 5.91 Å². The maximum Gasteiger partial charge on any atom is 0.490 e. The molecule has 0 radical (unpaired) electrons. The van der Waals surface area contributed by atoms with Crippen molar-refractivity contribution >= 4 is 40.5 Å². The number of anilines is 2. The van der Waals surface area contributed by atoms with E-state index < -0.39 is 29.1 Å². The second kappa shape index (κ2) is 11.0. The van der Waals surface area contributed by atoms with Crippen molar-refractivity contribution in [1.82, 2.24) is 0 Å².